The molecule has 1 aromatic rings. The lowest BCUT2D eigenvalue weighted by atomic mass is 10.3. The van der Waals surface area contributed by atoms with Gasteiger partial charge in [-0.3, -0.25) is 4.79 Å². The lowest BCUT2D eigenvalue weighted by molar-refractivity contribution is -0.139. The number of carbonyl (C=O) groups is 1. The number of hydrogen-bond donors (Lipinski definition) is 0. The predicted molar refractivity (Wildman–Crippen MR) is 49.1 cm³/mol. The third-order valence-corrected chi connectivity index (χ3v) is 1.56. The Labute approximate surface area is 77.0 Å². The molecule has 0 amide bonds. The van der Waals surface area contributed by atoms with Gasteiger partial charge in [0.2, 0.25) is 0 Å². The molecule has 0 aliphatic carbocycles. The third-order valence-electron chi connectivity index (χ3n) is 1.56. The van der Waals surface area contributed by atoms with Crippen LogP contribution in [0.4, 0.5) is 0 Å². The van der Waals surface area contributed by atoms with Gasteiger partial charge in [0.25, 0.3) is 0 Å². The zero-order valence-corrected chi connectivity index (χ0v) is 7.74. The lowest BCUT2D eigenvalue weighted by Crippen LogP contribution is -1.96. The number of methoxy groups -OCH3 is 1. The fraction of sp³-hybridized carbons (Fsp3) is 0.300. The van der Waals surface area contributed by atoms with E-state index in [2.05, 4.69) is 4.74 Å². The van der Waals surface area contributed by atoms with Crippen molar-refractivity contribution in [1.29, 1.82) is 0 Å². The van der Waals surface area contributed by atoms with Gasteiger partial charge < -0.3 is 9.15 Å². The van der Waals surface area contributed by atoms with Gasteiger partial charge in [-0.1, -0.05) is 6.08 Å². The number of carbonyl (C=O) groups excluding carboxylic acids is 1. The smallest absolute Gasteiger partial charge is 0.309 e. The Kier molecular flexibility index (Phi) is 3.31. The summed E-state index contributed by atoms with van der Waals surface area (Å²) in [6, 6.07) is 3.72. The average Bonchev–Trinajstić information content (AvgIpc) is 2.51. The first kappa shape index (κ1) is 9.58. The van der Waals surface area contributed by atoms with Crippen molar-refractivity contribution >= 4 is 12.0 Å². The highest BCUT2D eigenvalue weighted by molar-refractivity contribution is 5.72. The van der Waals surface area contributed by atoms with Gasteiger partial charge >= 0.3 is 5.97 Å². The number of ether oxygens (including phenoxy) is 1. The van der Waals surface area contributed by atoms with Crippen LogP contribution in [0.2, 0.25) is 0 Å². The first-order valence-electron chi connectivity index (χ1n) is 4.02. The minimum Gasteiger partial charge on any atom is -0.469 e. The fourth-order valence-corrected chi connectivity index (χ4v) is 0.898. The lowest BCUT2D eigenvalue weighted by Gasteiger charge is -1.91. The van der Waals surface area contributed by atoms with Gasteiger partial charge in [-0.15, -0.1) is 0 Å². The zero-order valence-electron chi connectivity index (χ0n) is 7.74. The molecular weight excluding hydrogens is 168 g/mol. The average molecular weight is 180 g/mol. The van der Waals surface area contributed by atoms with Crippen LogP contribution in [-0.2, 0) is 9.53 Å². The van der Waals surface area contributed by atoms with E-state index in [4.69, 9.17) is 4.42 Å². The van der Waals surface area contributed by atoms with E-state index in [-0.39, 0.29) is 12.4 Å². The maximum Gasteiger partial charge on any atom is 0.309 e. The molecule has 0 bridgehead atoms. The van der Waals surface area contributed by atoms with Crippen molar-refractivity contribution in [1.82, 2.24) is 0 Å². The molecule has 0 fully saturated rings. The predicted octanol–water partition coefficient (Wildman–Crippen LogP) is 2.16. The van der Waals surface area contributed by atoms with Gasteiger partial charge in [-0.05, 0) is 25.1 Å². The maximum absolute atomic E-state index is 10.7. The molecule has 13 heavy (non-hydrogen) atoms. The van der Waals surface area contributed by atoms with Crippen LogP contribution in [0.1, 0.15) is 17.9 Å². The third kappa shape index (κ3) is 3.15. The summed E-state index contributed by atoms with van der Waals surface area (Å²) < 4.78 is 9.73. The summed E-state index contributed by atoms with van der Waals surface area (Å²) in [4.78, 5) is 10.7. The van der Waals surface area contributed by atoms with Crippen molar-refractivity contribution < 1.29 is 13.9 Å². The summed E-state index contributed by atoms with van der Waals surface area (Å²) in [6.07, 6.45) is 3.74. The Bertz CT molecular complexity index is 310. The van der Waals surface area contributed by atoms with Crippen LogP contribution in [0, 0.1) is 6.92 Å². The van der Waals surface area contributed by atoms with Gasteiger partial charge in [0.1, 0.15) is 11.5 Å². The summed E-state index contributed by atoms with van der Waals surface area (Å²) in [5.41, 5.74) is 0. The molecule has 0 radical (unpaired) electrons. The second-order valence-corrected chi connectivity index (χ2v) is 2.63. The molecule has 1 aromatic heterocycles. The summed E-state index contributed by atoms with van der Waals surface area (Å²) in [5, 5.41) is 0. The van der Waals surface area contributed by atoms with Crippen LogP contribution in [0.3, 0.4) is 0 Å². The molecule has 0 unspecified atom stereocenters. The van der Waals surface area contributed by atoms with Crippen LogP contribution < -0.4 is 0 Å². The number of rotatable bonds is 3. The molecule has 70 valence electrons. The van der Waals surface area contributed by atoms with E-state index in [0.29, 0.717) is 0 Å². The minimum absolute atomic E-state index is 0.250. The van der Waals surface area contributed by atoms with E-state index in [1.54, 1.807) is 12.2 Å². The van der Waals surface area contributed by atoms with Crippen molar-refractivity contribution in [2.24, 2.45) is 0 Å². The minimum atomic E-state index is -0.250. The fourth-order valence-electron chi connectivity index (χ4n) is 0.898. The number of esters is 1. The maximum atomic E-state index is 10.7. The highest BCUT2D eigenvalue weighted by atomic mass is 16.5. The number of aryl methyl sites for hydroxylation is 1. The molecule has 0 atom stereocenters. The Hall–Kier alpha value is -1.51. The van der Waals surface area contributed by atoms with Crippen molar-refractivity contribution in [2.45, 2.75) is 13.3 Å². The highest BCUT2D eigenvalue weighted by Gasteiger charge is 1.95. The van der Waals surface area contributed by atoms with Gasteiger partial charge in [-0.25, -0.2) is 0 Å². The van der Waals surface area contributed by atoms with E-state index in [0.717, 1.165) is 11.5 Å². The van der Waals surface area contributed by atoms with E-state index >= 15 is 0 Å². The Balaban J connectivity index is 2.45. The largest absolute Gasteiger partial charge is 0.469 e. The first-order chi connectivity index (χ1) is 6.22. The molecule has 0 saturated carbocycles. The molecule has 0 aliphatic heterocycles. The standard InChI is InChI=1S/C10H12O3/c1-8-6-7-9(13-8)4-3-5-10(11)12-2/h3-4,6-7H,5H2,1-2H3/b4-3-. The molecule has 0 aromatic carbocycles. The highest BCUT2D eigenvalue weighted by Crippen LogP contribution is 2.08. The van der Waals surface area contributed by atoms with Crippen LogP contribution in [-0.4, -0.2) is 13.1 Å². The Morgan fingerprint density at radius 2 is 2.38 bits per heavy atom. The SMILES string of the molecule is COC(=O)C/C=C\c1ccc(C)o1. The van der Waals surface area contributed by atoms with E-state index in [9.17, 15) is 4.79 Å². The molecule has 0 aliphatic rings. The second-order valence-electron chi connectivity index (χ2n) is 2.63. The molecule has 3 heteroatoms. The van der Waals surface area contributed by atoms with Crippen molar-refractivity contribution in [3.05, 3.63) is 29.7 Å². The normalized spacial score (nSPS) is 10.6. The first-order valence-corrected chi connectivity index (χ1v) is 4.02. The van der Waals surface area contributed by atoms with Crippen LogP contribution >= 0.6 is 0 Å². The number of hydrogen-bond acceptors (Lipinski definition) is 3. The van der Waals surface area contributed by atoms with Gasteiger partial charge in [-0.2, -0.15) is 0 Å². The van der Waals surface area contributed by atoms with Crippen molar-refractivity contribution in [3.8, 4) is 0 Å². The van der Waals surface area contributed by atoms with Crippen LogP contribution in [0.25, 0.3) is 6.08 Å². The van der Waals surface area contributed by atoms with Gasteiger partial charge in [0.05, 0.1) is 13.5 Å². The van der Waals surface area contributed by atoms with E-state index < -0.39 is 0 Å². The van der Waals surface area contributed by atoms with Crippen LogP contribution in [0.5, 0.6) is 0 Å². The molecule has 3 nitrogen and oxygen atoms in total. The second kappa shape index (κ2) is 4.50. The summed E-state index contributed by atoms with van der Waals surface area (Å²) in [7, 11) is 1.37. The summed E-state index contributed by atoms with van der Waals surface area (Å²) in [6.45, 7) is 1.87. The monoisotopic (exact) mass is 180 g/mol. The summed E-state index contributed by atoms with van der Waals surface area (Å²) in [5.74, 6) is 1.36. The van der Waals surface area contributed by atoms with E-state index in [1.165, 1.54) is 7.11 Å². The Morgan fingerprint density at radius 1 is 1.62 bits per heavy atom. The molecule has 0 saturated heterocycles. The molecule has 1 heterocycles. The topological polar surface area (TPSA) is 39.4 Å². The van der Waals surface area contributed by atoms with Gasteiger partial charge in [0, 0.05) is 0 Å². The van der Waals surface area contributed by atoms with Crippen molar-refractivity contribution in [3.63, 3.8) is 0 Å². The van der Waals surface area contributed by atoms with E-state index in [1.807, 2.05) is 19.1 Å². The molecular formula is C10H12O3. The molecule has 0 N–H and O–H groups in total. The van der Waals surface area contributed by atoms with Crippen molar-refractivity contribution in [2.75, 3.05) is 7.11 Å². The number of furan rings is 1. The quantitative estimate of drug-likeness (QED) is 0.669. The zero-order chi connectivity index (χ0) is 9.68. The van der Waals surface area contributed by atoms with Gasteiger partial charge in [0.15, 0.2) is 0 Å². The molecule has 0 spiro atoms. The molecule has 1 rings (SSSR count). The summed E-state index contributed by atoms with van der Waals surface area (Å²) >= 11 is 0. The Morgan fingerprint density at radius 3 is 2.92 bits per heavy atom. The van der Waals surface area contributed by atoms with Crippen LogP contribution in [0.15, 0.2) is 22.6 Å².